The Balaban J connectivity index is 1.59. The molecule has 4 rings (SSSR count). The molecule has 0 aliphatic rings. The number of anilines is 4. The van der Waals surface area contributed by atoms with Gasteiger partial charge in [0, 0.05) is 40.4 Å². The van der Waals surface area contributed by atoms with Crippen molar-refractivity contribution >= 4 is 33.7 Å². The summed E-state index contributed by atoms with van der Waals surface area (Å²) in [5.74, 6) is 1.34. The Morgan fingerprint density at radius 3 is 1.96 bits per heavy atom. The average Bonchev–Trinajstić information content (AvgIpc) is 2.75. The zero-order valence-electron chi connectivity index (χ0n) is 15.8. The monoisotopic (exact) mass is 371 g/mol. The van der Waals surface area contributed by atoms with Crippen LogP contribution in [-0.2, 0) is 0 Å². The third-order valence-electron chi connectivity index (χ3n) is 4.47. The van der Waals surface area contributed by atoms with Crippen molar-refractivity contribution in [1.82, 2.24) is 4.98 Å². The molecular weight excluding hydrogens is 350 g/mol. The number of nitrogens with zero attached hydrogens (tertiary/aromatic N) is 1. The maximum absolute atomic E-state index is 5.43. The van der Waals surface area contributed by atoms with Crippen LogP contribution in [0, 0.1) is 0 Å². The van der Waals surface area contributed by atoms with E-state index in [0.717, 1.165) is 33.7 Å². The van der Waals surface area contributed by atoms with Crippen LogP contribution in [0.15, 0.2) is 79.0 Å². The number of rotatable bonds is 6. The van der Waals surface area contributed by atoms with Gasteiger partial charge in [-0.1, -0.05) is 18.2 Å². The molecule has 0 unspecified atom stereocenters. The first kappa shape index (κ1) is 17.7. The summed E-state index contributed by atoms with van der Waals surface area (Å²) >= 11 is 0. The van der Waals surface area contributed by atoms with Crippen molar-refractivity contribution in [2.24, 2.45) is 0 Å². The van der Waals surface area contributed by atoms with Crippen molar-refractivity contribution in [3.8, 4) is 11.5 Å². The van der Waals surface area contributed by atoms with Gasteiger partial charge in [0.25, 0.3) is 0 Å². The zero-order chi connectivity index (χ0) is 19.3. The van der Waals surface area contributed by atoms with Crippen molar-refractivity contribution in [1.29, 1.82) is 0 Å². The van der Waals surface area contributed by atoms with Gasteiger partial charge in [0.2, 0.25) is 0 Å². The van der Waals surface area contributed by atoms with Gasteiger partial charge in [0.1, 0.15) is 0 Å². The number of para-hydroxylation sites is 1. The molecule has 0 fully saturated rings. The predicted octanol–water partition coefficient (Wildman–Crippen LogP) is 5.74. The number of fused-ring (bicyclic) bond motifs is 1. The number of benzene rings is 3. The van der Waals surface area contributed by atoms with Gasteiger partial charge in [-0.3, -0.25) is 4.98 Å². The summed E-state index contributed by atoms with van der Waals surface area (Å²) in [5, 5.41) is 7.81. The molecule has 0 bridgehead atoms. The first-order chi connectivity index (χ1) is 13.8. The molecule has 0 spiro atoms. The summed E-state index contributed by atoms with van der Waals surface area (Å²) in [4.78, 5) is 4.44. The molecule has 2 N–H and O–H groups in total. The molecule has 140 valence electrons. The smallest absolute Gasteiger partial charge is 0.162 e. The first-order valence-corrected chi connectivity index (χ1v) is 8.97. The number of nitrogens with one attached hydrogen (secondary N) is 2. The van der Waals surface area contributed by atoms with Gasteiger partial charge in [-0.2, -0.15) is 0 Å². The molecule has 0 radical (unpaired) electrons. The number of aromatic nitrogens is 1. The quantitative estimate of drug-likeness (QED) is 0.453. The minimum absolute atomic E-state index is 0.663. The van der Waals surface area contributed by atoms with Crippen LogP contribution in [0.2, 0.25) is 0 Å². The molecule has 4 aromatic rings. The standard InChI is InChI=1S/C23H21N3O2/c1-27-22-14-19-20(12-13-24-21(19)15-23(22)28-2)26-18-10-8-17(9-11-18)25-16-6-4-3-5-7-16/h3-15,25H,1-2H3,(H,24,26). The highest BCUT2D eigenvalue weighted by atomic mass is 16.5. The number of pyridine rings is 1. The van der Waals surface area contributed by atoms with E-state index in [1.54, 1.807) is 20.4 Å². The molecule has 0 saturated heterocycles. The molecule has 0 amide bonds. The van der Waals surface area contributed by atoms with E-state index in [4.69, 9.17) is 9.47 Å². The molecule has 0 saturated carbocycles. The Labute approximate surface area is 164 Å². The van der Waals surface area contributed by atoms with E-state index >= 15 is 0 Å². The van der Waals surface area contributed by atoms with Crippen molar-refractivity contribution in [2.75, 3.05) is 24.9 Å². The fourth-order valence-electron chi connectivity index (χ4n) is 3.06. The number of methoxy groups -OCH3 is 2. The summed E-state index contributed by atoms with van der Waals surface area (Å²) in [6, 6.07) is 24.0. The summed E-state index contributed by atoms with van der Waals surface area (Å²) < 4.78 is 10.8. The van der Waals surface area contributed by atoms with Crippen LogP contribution < -0.4 is 20.1 Å². The Bertz CT molecular complexity index is 1080. The lowest BCUT2D eigenvalue weighted by Crippen LogP contribution is -1.96. The molecule has 3 aromatic carbocycles. The second kappa shape index (κ2) is 7.88. The van der Waals surface area contributed by atoms with Crippen LogP contribution in [0.3, 0.4) is 0 Å². The van der Waals surface area contributed by atoms with Gasteiger partial charge in [-0.05, 0) is 48.5 Å². The lowest BCUT2D eigenvalue weighted by atomic mass is 10.1. The van der Waals surface area contributed by atoms with Gasteiger partial charge in [0.05, 0.1) is 19.7 Å². The van der Waals surface area contributed by atoms with E-state index in [-0.39, 0.29) is 0 Å². The predicted molar refractivity (Wildman–Crippen MR) is 114 cm³/mol. The van der Waals surface area contributed by atoms with E-state index in [0.29, 0.717) is 11.5 Å². The Morgan fingerprint density at radius 1 is 0.679 bits per heavy atom. The minimum Gasteiger partial charge on any atom is -0.493 e. The van der Waals surface area contributed by atoms with Crippen molar-refractivity contribution in [3.63, 3.8) is 0 Å². The Hall–Kier alpha value is -3.73. The van der Waals surface area contributed by atoms with Crippen molar-refractivity contribution in [3.05, 3.63) is 79.0 Å². The van der Waals surface area contributed by atoms with Crippen LogP contribution in [-0.4, -0.2) is 19.2 Å². The van der Waals surface area contributed by atoms with Gasteiger partial charge < -0.3 is 20.1 Å². The molecule has 1 aromatic heterocycles. The largest absolute Gasteiger partial charge is 0.493 e. The second-order valence-electron chi connectivity index (χ2n) is 6.28. The molecule has 0 aliphatic carbocycles. The molecule has 5 nitrogen and oxygen atoms in total. The van der Waals surface area contributed by atoms with Crippen LogP contribution >= 0.6 is 0 Å². The number of hydrogen-bond acceptors (Lipinski definition) is 5. The molecule has 1 heterocycles. The first-order valence-electron chi connectivity index (χ1n) is 8.97. The van der Waals surface area contributed by atoms with E-state index in [9.17, 15) is 0 Å². The van der Waals surface area contributed by atoms with Gasteiger partial charge in [-0.25, -0.2) is 0 Å². The molecule has 0 atom stereocenters. The average molecular weight is 371 g/mol. The van der Waals surface area contributed by atoms with Crippen LogP contribution in [0.5, 0.6) is 11.5 Å². The Kier molecular flexibility index (Phi) is 4.97. The highest BCUT2D eigenvalue weighted by Gasteiger charge is 2.10. The number of hydrogen-bond donors (Lipinski definition) is 2. The third-order valence-corrected chi connectivity index (χ3v) is 4.47. The van der Waals surface area contributed by atoms with Crippen LogP contribution in [0.25, 0.3) is 10.9 Å². The topological polar surface area (TPSA) is 55.4 Å². The van der Waals surface area contributed by atoms with Crippen LogP contribution in [0.1, 0.15) is 0 Å². The molecule has 28 heavy (non-hydrogen) atoms. The SMILES string of the molecule is COc1cc2nccc(Nc3ccc(Nc4ccccc4)cc3)c2cc1OC. The second-order valence-corrected chi connectivity index (χ2v) is 6.28. The number of ether oxygens (including phenoxy) is 2. The molecule has 5 heteroatoms. The highest BCUT2D eigenvalue weighted by Crippen LogP contribution is 2.35. The fourth-order valence-corrected chi connectivity index (χ4v) is 3.06. The normalized spacial score (nSPS) is 10.5. The fraction of sp³-hybridized carbons (Fsp3) is 0.0870. The summed E-state index contributed by atoms with van der Waals surface area (Å²) in [6.07, 6.45) is 1.78. The van der Waals surface area contributed by atoms with E-state index in [2.05, 4.69) is 15.6 Å². The zero-order valence-corrected chi connectivity index (χ0v) is 15.8. The Morgan fingerprint density at radius 2 is 1.29 bits per heavy atom. The van der Waals surface area contributed by atoms with Gasteiger partial charge >= 0.3 is 0 Å². The maximum atomic E-state index is 5.43. The third kappa shape index (κ3) is 3.69. The summed E-state index contributed by atoms with van der Waals surface area (Å²) in [6.45, 7) is 0. The van der Waals surface area contributed by atoms with Crippen molar-refractivity contribution < 1.29 is 9.47 Å². The van der Waals surface area contributed by atoms with Crippen molar-refractivity contribution in [2.45, 2.75) is 0 Å². The highest BCUT2D eigenvalue weighted by molar-refractivity contribution is 5.95. The van der Waals surface area contributed by atoms with Gasteiger partial charge in [0.15, 0.2) is 11.5 Å². The maximum Gasteiger partial charge on any atom is 0.162 e. The lowest BCUT2D eigenvalue weighted by Gasteiger charge is -2.13. The summed E-state index contributed by atoms with van der Waals surface area (Å²) in [5.41, 5.74) is 4.87. The van der Waals surface area contributed by atoms with E-state index in [1.807, 2.05) is 72.8 Å². The lowest BCUT2D eigenvalue weighted by molar-refractivity contribution is 0.356. The van der Waals surface area contributed by atoms with Crippen LogP contribution in [0.4, 0.5) is 22.7 Å². The summed E-state index contributed by atoms with van der Waals surface area (Å²) in [7, 11) is 3.25. The van der Waals surface area contributed by atoms with Gasteiger partial charge in [-0.15, -0.1) is 0 Å². The minimum atomic E-state index is 0.663. The molecule has 0 aliphatic heterocycles. The molecular formula is C23H21N3O2. The van der Waals surface area contributed by atoms with E-state index < -0.39 is 0 Å². The van der Waals surface area contributed by atoms with E-state index in [1.165, 1.54) is 0 Å².